The van der Waals surface area contributed by atoms with Crippen molar-refractivity contribution in [2.45, 2.75) is 69.9 Å². The van der Waals surface area contributed by atoms with Gasteiger partial charge in [0.1, 0.15) is 0 Å². The zero-order chi connectivity index (χ0) is 10.5. The van der Waals surface area contributed by atoms with Crippen LogP contribution in [0.25, 0.3) is 0 Å². The van der Waals surface area contributed by atoms with Gasteiger partial charge in [0, 0.05) is 12.1 Å². The molecule has 1 aliphatic heterocycles. The zero-order valence-electron chi connectivity index (χ0n) is 9.96. The summed E-state index contributed by atoms with van der Waals surface area (Å²) < 4.78 is 0. The first-order valence-corrected chi connectivity index (χ1v) is 6.87. The van der Waals surface area contributed by atoms with Gasteiger partial charge in [-0.3, -0.25) is 4.90 Å². The summed E-state index contributed by atoms with van der Waals surface area (Å²) in [5, 5.41) is 0. The van der Waals surface area contributed by atoms with Crippen molar-refractivity contribution in [1.29, 1.82) is 0 Å². The SMILES string of the molecule is NCCCC1CCCN1C1CCCCC1. The minimum atomic E-state index is 0.870. The van der Waals surface area contributed by atoms with E-state index in [1.807, 2.05) is 0 Å². The van der Waals surface area contributed by atoms with Crippen molar-refractivity contribution in [2.75, 3.05) is 13.1 Å². The highest BCUT2D eigenvalue weighted by molar-refractivity contribution is 4.86. The highest BCUT2D eigenvalue weighted by Gasteiger charge is 2.30. The number of nitrogens with two attached hydrogens (primary N) is 1. The van der Waals surface area contributed by atoms with E-state index in [1.165, 1.54) is 64.3 Å². The summed E-state index contributed by atoms with van der Waals surface area (Å²) >= 11 is 0. The molecule has 0 amide bonds. The molecule has 2 N–H and O–H groups in total. The molecule has 2 fully saturated rings. The number of hydrogen-bond donors (Lipinski definition) is 1. The monoisotopic (exact) mass is 210 g/mol. The van der Waals surface area contributed by atoms with Gasteiger partial charge < -0.3 is 5.73 Å². The van der Waals surface area contributed by atoms with E-state index >= 15 is 0 Å². The predicted molar refractivity (Wildman–Crippen MR) is 64.9 cm³/mol. The van der Waals surface area contributed by atoms with Gasteiger partial charge in [-0.1, -0.05) is 19.3 Å². The normalized spacial score (nSPS) is 29.8. The average molecular weight is 210 g/mol. The highest BCUT2D eigenvalue weighted by Crippen LogP contribution is 2.30. The van der Waals surface area contributed by atoms with Gasteiger partial charge in [0.15, 0.2) is 0 Å². The van der Waals surface area contributed by atoms with Crippen LogP contribution in [0.1, 0.15) is 57.8 Å². The molecule has 1 aliphatic carbocycles. The first-order valence-electron chi connectivity index (χ1n) is 6.87. The maximum atomic E-state index is 5.61. The zero-order valence-corrected chi connectivity index (χ0v) is 9.96. The van der Waals surface area contributed by atoms with Crippen LogP contribution in [-0.4, -0.2) is 30.1 Å². The number of nitrogens with zero attached hydrogens (tertiary/aromatic N) is 1. The molecule has 2 nitrogen and oxygen atoms in total. The second-order valence-corrected chi connectivity index (χ2v) is 5.26. The summed E-state index contributed by atoms with van der Waals surface area (Å²) in [7, 11) is 0. The minimum Gasteiger partial charge on any atom is -0.330 e. The van der Waals surface area contributed by atoms with Crippen LogP contribution in [0, 0.1) is 0 Å². The van der Waals surface area contributed by atoms with Crippen molar-refractivity contribution >= 4 is 0 Å². The van der Waals surface area contributed by atoms with E-state index in [1.54, 1.807) is 0 Å². The summed E-state index contributed by atoms with van der Waals surface area (Å²) in [5.74, 6) is 0. The van der Waals surface area contributed by atoms with Gasteiger partial charge in [0.25, 0.3) is 0 Å². The molecule has 1 atom stereocenters. The average Bonchev–Trinajstić information content (AvgIpc) is 2.75. The second-order valence-electron chi connectivity index (χ2n) is 5.26. The Labute approximate surface area is 94.2 Å². The third kappa shape index (κ3) is 2.94. The lowest BCUT2D eigenvalue weighted by atomic mass is 9.93. The Bertz CT molecular complexity index is 175. The maximum Gasteiger partial charge on any atom is 0.00991 e. The van der Waals surface area contributed by atoms with Gasteiger partial charge in [-0.2, -0.15) is 0 Å². The van der Waals surface area contributed by atoms with Crippen LogP contribution >= 0.6 is 0 Å². The van der Waals surface area contributed by atoms with Gasteiger partial charge in [-0.15, -0.1) is 0 Å². The fourth-order valence-electron chi connectivity index (χ4n) is 3.41. The lowest BCUT2D eigenvalue weighted by molar-refractivity contribution is 0.135. The summed E-state index contributed by atoms with van der Waals surface area (Å²) in [6.45, 7) is 2.23. The standard InChI is InChI=1S/C13H26N2/c14-10-4-8-13-9-5-11-15(13)12-6-2-1-3-7-12/h12-13H,1-11,14H2. The Balaban J connectivity index is 1.82. The Morgan fingerprint density at radius 2 is 1.80 bits per heavy atom. The van der Waals surface area contributed by atoms with Crippen LogP contribution in [-0.2, 0) is 0 Å². The first kappa shape index (κ1) is 11.4. The van der Waals surface area contributed by atoms with Crippen molar-refractivity contribution in [1.82, 2.24) is 4.90 Å². The van der Waals surface area contributed by atoms with E-state index in [4.69, 9.17) is 5.73 Å². The molecule has 0 aromatic carbocycles. The molecule has 1 saturated carbocycles. The lowest BCUT2D eigenvalue weighted by Gasteiger charge is -2.35. The van der Waals surface area contributed by atoms with E-state index < -0.39 is 0 Å². The molecule has 15 heavy (non-hydrogen) atoms. The highest BCUT2D eigenvalue weighted by atomic mass is 15.2. The summed E-state index contributed by atoms with van der Waals surface area (Å²) in [4.78, 5) is 2.81. The first-order chi connectivity index (χ1) is 7.42. The smallest absolute Gasteiger partial charge is 0.00991 e. The molecule has 1 heterocycles. The van der Waals surface area contributed by atoms with Gasteiger partial charge in [-0.25, -0.2) is 0 Å². The van der Waals surface area contributed by atoms with Crippen LogP contribution in [0.5, 0.6) is 0 Å². The van der Waals surface area contributed by atoms with Gasteiger partial charge in [-0.05, 0) is 51.6 Å². The molecule has 1 unspecified atom stereocenters. The van der Waals surface area contributed by atoms with Crippen LogP contribution in [0.2, 0.25) is 0 Å². The minimum absolute atomic E-state index is 0.870. The van der Waals surface area contributed by atoms with E-state index in [9.17, 15) is 0 Å². The van der Waals surface area contributed by atoms with Crippen LogP contribution in [0.3, 0.4) is 0 Å². The molecular formula is C13H26N2. The second kappa shape index (κ2) is 5.86. The van der Waals surface area contributed by atoms with Crippen molar-refractivity contribution < 1.29 is 0 Å². The summed E-state index contributed by atoms with van der Waals surface area (Å²) in [6, 6.07) is 1.79. The third-order valence-corrected chi connectivity index (χ3v) is 4.21. The van der Waals surface area contributed by atoms with Gasteiger partial charge >= 0.3 is 0 Å². The third-order valence-electron chi connectivity index (χ3n) is 4.21. The van der Waals surface area contributed by atoms with Crippen LogP contribution in [0.15, 0.2) is 0 Å². The van der Waals surface area contributed by atoms with Crippen molar-refractivity contribution in [3.63, 3.8) is 0 Å². The molecule has 0 aromatic heterocycles. The number of likely N-dealkylation sites (tertiary alicyclic amines) is 1. The van der Waals surface area contributed by atoms with Crippen molar-refractivity contribution in [3.05, 3.63) is 0 Å². The Morgan fingerprint density at radius 1 is 1.00 bits per heavy atom. The number of rotatable bonds is 4. The van der Waals surface area contributed by atoms with E-state index in [0.29, 0.717) is 0 Å². The molecule has 2 aliphatic rings. The molecule has 88 valence electrons. The maximum absolute atomic E-state index is 5.61. The van der Waals surface area contributed by atoms with Crippen molar-refractivity contribution in [2.24, 2.45) is 5.73 Å². The molecule has 2 rings (SSSR count). The molecule has 0 spiro atoms. The molecule has 2 heteroatoms. The topological polar surface area (TPSA) is 29.3 Å². The molecule has 0 aromatic rings. The molecule has 0 bridgehead atoms. The van der Waals surface area contributed by atoms with Crippen molar-refractivity contribution in [3.8, 4) is 0 Å². The van der Waals surface area contributed by atoms with Crippen LogP contribution < -0.4 is 5.73 Å². The summed E-state index contributed by atoms with van der Waals surface area (Å²) in [6.07, 6.45) is 12.7. The quantitative estimate of drug-likeness (QED) is 0.772. The largest absolute Gasteiger partial charge is 0.330 e. The van der Waals surface area contributed by atoms with Gasteiger partial charge in [0.2, 0.25) is 0 Å². The van der Waals surface area contributed by atoms with E-state index in [2.05, 4.69) is 4.90 Å². The Kier molecular flexibility index (Phi) is 4.45. The molecular weight excluding hydrogens is 184 g/mol. The number of hydrogen-bond acceptors (Lipinski definition) is 2. The molecule has 1 saturated heterocycles. The van der Waals surface area contributed by atoms with E-state index in [-0.39, 0.29) is 0 Å². The fourth-order valence-corrected chi connectivity index (χ4v) is 3.41. The Hall–Kier alpha value is -0.0800. The molecule has 0 radical (unpaired) electrons. The fraction of sp³-hybridized carbons (Fsp3) is 1.00. The van der Waals surface area contributed by atoms with Crippen LogP contribution in [0.4, 0.5) is 0 Å². The van der Waals surface area contributed by atoms with Gasteiger partial charge in [0.05, 0.1) is 0 Å². The Morgan fingerprint density at radius 3 is 2.53 bits per heavy atom. The summed E-state index contributed by atoms with van der Waals surface area (Å²) in [5.41, 5.74) is 5.61. The van der Waals surface area contributed by atoms with E-state index in [0.717, 1.165) is 18.6 Å². The lowest BCUT2D eigenvalue weighted by Crippen LogP contribution is -2.40. The predicted octanol–water partition coefficient (Wildman–Crippen LogP) is 2.52.